The van der Waals surface area contributed by atoms with Crippen molar-refractivity contribution in [2.45, 2.75) is 51.4 Å². The van der Waals surface area contributed by atoms with Gasteiger partial charge in [0, 0.05) is 36.8 Å². The van der Waals surface area contributed by atoms with Crippen molar-refractivity contribution in [1.82, 2.24) is 29.9 Å². The minimum atomic E-state index is -0.306. The molecule has 5 rings (SSSR count). The van der Waals surface area contributed by atoms with Crippen molar-refractivity contribution in [2.75, 3.05) is 11.9 Å². The predicted octanol–water partition coefficient (Wildman–Crippen LogP) is 4.83. The van der Waals surface area contributed by atoms with E-state index in [0.29, 0.717) is 24.9 Å². The molecule has 0 radical (unpaired) electrons. The fourth-order valence-electron chi connectivity index (χ4n) is 4.19. The first-order valence-electron chi connectivity index (χ1n) is 12.0. The third-order valence-electron chi connectivity index (χ3n) is 6.07. The number of fused-ring (bicyclic) bond motifs is 1. The number of aromatic nitrogens is 6. The number of nitrogens with one attached hydrogen (secondary N) is 1. The Morgan fingerprint density at radius 3 is 2.83 bits per heavy atom. The Hall–Kier alpha value is -4.08. The van der Waals surface area contributed by atoms with Gasteiger partial charge >= 0.3 is 0 Å². The SMILES string of the molecule is Cn1cc(Nc2nccc(-c3ccc4c(c3)OCCCC4CC(=O)c3noc(C(C)(C)C)n3)n2)cn1. The monoisotopic (exact) mass is 487 g/mol. The van der Waals surface area contributed by atoms with Crippen molar-refractivity contribution in [3.05, 3.63) is 60.1 Å². The minimum absolute atomic E-state index is 0.00819. The fraction of sp³-hybridized carbons (Fsp3) is 0.385. The summed E-state index contributed by atoms with van der Waals surface area (Å²) in [6.45, 7) is 6.51. The van der Waals surface area contributed by atoms with Crippen molar-refractivity contribution in [3.8, 4) is 17.0 Å². The molecule has 0 amide bonds. The van der Waals surface area contributed by atoms with E-state index in [1.165, 1.54) is 0 Å². The minimum Gasteiger partial charge on any atom is -0.493 e. The van der Waals surface area contributed by atoms with E-state index in [1.807, 2.05) is 58.3 Å². The van der Waals surface area contributed by atoms with Crippen LogP contribution in [0.1, 0.15) is 68.0 Å². The molecule has 0 saturated carbocycles. The third kappa shape index (κ3) is 5.12. The molecule has 0 spiro atoms. The van der Waals surface area contributed by atoms with Crippen LogP contribution in [-0.2, 0) is 12.5 Å². The van der Waals surface area contributed by atoms with Crippen LogP contribution in [0.4, 0.5) is 11.6 Å². The van der Waals surface area contributed by atoms with E-state index in [4.69, 9.17) is 9.26 Å². The van der Waals surface area contributed by atoms with Gasteiger partial charge in [0.05, 0.1) is 24.2 Å². The lowest BCUT2D eigenvalue weighted by molar-refractivity contribution is 0.0959. The molecule has 1 aromatic carbocycles. The summed E-state index contributed by atoms with van der Waals surface area (Å²) in [6.07, 6.45) is 7.28. The summed E-state index contributed by atoms with van der Waals surface area (Å²) in [4.78, 5) is 26.3. The molecule has 10 heteroatoms. The van der Waals surface area contributed by atoms with E-state index in [1.54, 1.807) is 17.1 Å². The first-order chi connectivity index (χ1) is 17.3. The highest BCUT2D eigenvalue weighted by molar-refractivity contribution is 5.93. The van der Waals surface area contributed by atoms with Gasteiger partial charge in [0.1, 0.15) is 5.75 Å². The molecule has 36 heavy (non-hydrogen) atoms. The number of hydrogen-bond donors (Lipinski definition) is 1. The number of benzene rings is 1. The standard InChI is InChI=1S/C26H29N7O3/c1-26(2,3)24-31-23(32-36-24)21(34)12-16-6-5-11-35-22-13-17(7-8-19(16)22)20-9-10-27-25(30-20)29-18-14-28-33(4)15-18/h7-10,13-16H,5-6,11-12H2,1-4H3,(H,27,29,30). The predicted molar refractivity (Wildman–Crippen MR) is 133 cm³/mol. The molecule has 1 aliphatic rings. The Bertz CT molecular complexity index is 1390. The van der Waals surface area contributed by atoms with Crippen LogP contribution >= 0.6 is 0 Å². The number of ketones is 1. The molecule has 4 heterocycles. The summed E-state index contributed by atoms with van der Waals surface area (Å²) in [5.74, 6) is 1.73. The molecule has 0 fully saturated rings. The summed E-state index contributed by atoms with van der Waals surface area (Å²) in [6, 6.07) is 7.88. The van der Waals surface area contributed by atoms with Crippen LogP contribution in [-0.4, -0.2) is 42.3 Å². The van der Waals surface area contributed by atoms with Gasteiger partial charge in [-0.2, -0.15) is 10.1 Å². The number of carbonyl (C=O) groups is 1. The summed E-state index contributed by atoms with van der Waals surface area (Å²) in [5, 5.41) is 11.3. The highest BCUT2D eigenvalue weighted by atomic mass is 16.5. The number of hydrogen-bond acceptors (Lipinski definition) is 9. The van der Waals surface area contributed by atoms with Crippen molar-refractivity contribution in [3.63, 3.8) is 0 Å². The van der Waals surface area contributed by atoms with E-state index >= 15 is 0 Å². The maximum absolute atomic E-state index is 13.0. The van der Waals surface area contributed by atoms with Gasteiger partial charge in [-0.05, 0) is 36.5 Å². The zero-order valence-corrected chi connectivity index (χ0v) is 20.9. The van der Waals surface area contributed by atoms with Crippen molar-refractivity contribution in [1.29, 1.82) is 0 Å². The van der Waals surface area contributed by atoms with Gasteiger partial charge < -0.3 is 14.6 Å². The molecule has 1 aliphatic heterocycles. The first kappa shape index (κ1) is 23.7. The molecule has 4 aromatic rings. The van der Waals surface area contributed by atoms with E-state index < -0.39 is 0 Å². The molecule has 1 unspecified atom stereocenters. The third-order valence-corrected chi connectivity index (χ3v) is 6.07. The quantitative estimate of drug-likeness (QED) is 0.381. The Kier molecular flexibility index (Phi) is 6.26. The lowest BCUT2D eigenvalue weighted by Gasteiger charge is -2.16. The van der Waals surface area contributed by atoms with E-state index in [9.17, 15) is 4.79 Å². The van der Waals surface area contributed by atoms with Gasteiger partial charge in [-0.3, -0.25) is 9.48 Å². The van der Waals surface area contributed by atoms with E-state index in [-0.39, 0.29) is 22.9 Å². The average molecular weight is 488 g/mol. The van der Waals surface area contributed by atoms with Crippen molar-refractivity contribution < 1.29 is 14.1 Å². The molecule has 186 valence electrons. The lowest BCUT2D eigenvalue weighted by Crippen LogP contribution is -2.13. The first-order valence-corrected chi connectivity index (χ1v) is 12.0. The summed E-state index contributed by atoms with van der Waals surface area (Å²) < 4.78 is 13.1. The summed E-state index contributed by atoms with van der Waals surface area (Å²) in [7, 11) is 1.85. The van der Waals surface area contributed by atoms with Gasteiger partial charge in [0.2, 0.25) is 23.4 Å². The Labute approximate surface area is 209 Å². The van der Waals surface area contributed by atoms with Gasteiger partial charge in [-0.25, -0.2) is 9.97 Å². The normalized spacial score (nSPS) is 15.6. The highest BCUT2D eigenvalue weighted by Gasteiger charge is 2.28. The average Bonchev–Trinajstić information content (AvgIpc) is 3.46. The molecule has 10 nitrogen and oxygen atoms in total. The second kappa shape index (κ2) is 9.52. The summed E-state index contributed by atoms with van der Waals surface area (Å²) in [5.41, 5.74) is 3.18. The van der Waals surface area contributed by atoms with E-state index in [0.717, 1.165) is 41.1 Å². The van der Waals surface area contributed by atoms with Crippen molar-refractivity contribution >= 4 is 17.4 Å². The number of carbonyl (C=O) groups excluding carboxylic acids is 1. The summed E-state index contributed by atoms with van der Waals surface area (Å²) >= 11 is 0. The molecule has 3 aromatic heterocycles. The molecule has 0 bridgehead atoms. The Balaban J connectivity index is 1.36. The second-order valence-electron chi connectivity index (χ2n) is 10.0. The molecular formula is C26H29N7O3. The number of anilines is 2. The maximum Gasteiger partial charge on any atom is 0.238 e. The zero-order valence-electron chi connectivity index (χ0n) is 20.9. The maximum atomic E-state index is 13.0. The number of aryl methyl sites for hydroxylation is 1. The lowest BCUT2D eigenvalue weighted by atomic mass is 9.88. The van der Waals surface area contributed by atoms with Crippen LogP contribution in [0, 0.1) is 0 Å². The number of rotatable bonds is 6. The zero-order chi connectivity index (χ0) is 25.3. The molecular weight excluding hydrogens is 458 g/mol. The number of Topliss-reactive ketones (excluding diaryl/α,β-unsaturated/α-hetero) is 1. The van der Waals surface area contributed by atoms with Gasteiger partial charge in [0.15, 0.2) is 0 Å². The highest BCUT2D eigenvalue weighted by Crippen LogP contribution is 2.38. The van der Waals surface area contributed by atoms with E-state index in [2.05, 4.69) is 30.5 Å². The Morgan fingerprint density at radius 2 is 2.08 bits per heavy atom. The van der Waals surface area contributed by atoms with Crippen LogP contribution in [0.2, 0.25) is 0 Å². The molecule has 1 atom stereocenters. The smallest absolute Gasteiger partial charge is 0.238 e. The fourth-order valence-corrected chi connectivity index (χ4v) is 4.19. The largest absolute Gasteiger partial charge is 0.493 e. The molecule has 1 N–H and O–H groups in total. The molecule has 0 saturated heterocycles. The molecule has 0 aliphatic carbocycles. The Morgan fingerprint density at radius 1 is 1.22 bits per heavy atom. The van der Waals surface area contributed by atoms with Crippen LogP contribution in [0.5, 0.6) is 5.75 Å². The van der Waals surface area contributed by atoms with Crippen molar-refractivity contribution in [2.24, 2.45) is 7.05 Å². The van der Waals surface area contributed by atoms with Gasteiger partial charge in [-0.1, -0.05) is 38.1 Å². The van der Waals surface area contributed by atoms with Crippen LogP contribution in [0.3, 0.4) is 0 Å². The van der Waals surface area contributed by atoms with Crippen LogP contribution < -0.4 is 10.1 Å². The van der Waals surface area contributed by atoms with Gasteiger partial charge in [-0.15, -0.1) is 0 Å². The van der Waals surface area contributed by atoms with Crippen LogP contribution in [0.25, 0.3) is 11.3 Å². The second-order valence-corrected chi connectivity index (χ2v) is 10.0. The number of ether oxygens (including phenoxy) is 1. The number of nitrogens with zero attached hydrogens (tertiary/aromatic N) is 6. The van der Waals surface area contributed by atoms with Gasteiger partial charge in [0.25, 0.3) is 0 Å². The topological polar surface area (TPSA) is 121 Å². The van der Waals surface area contributed by atoms with Crippen LogP contribution in [0.15, 0.2) is 47.4 Å².